The molecule has 4 rings (SSSR count). The van der Waals surface area contributed by atoms with Crippen LogP contribution >= 0.6 is 0 Å². The zero-order chi connectivity index (χ0) is 18.6. The quantitative estimate of drug-likeness (QED) is 0.766. The first-order valence-electron chi connectivity index (χ1n) is 8.83. The van der Waals surface area contributed by atoms with E-state index >= 15 is 0 Å². The van der Waals surface area contributed by atoms with Gasteiger partial charge < -0.3 is 19.4 Å². The monoisotopic (exact) mass is 364 g/mol. The van der Waals surface area contributed by atoms with Crippen LogP contribution in [0.25, 0.3) is 11.5 Å². The minimum Gasteiger partial charge on any atom is -0.420 e. The van der Waals surface area contributed by atoms with Crippen molar-refractivity contribution in [2.75, 3.05) is 36.5 Å². The second kappa shape index (κ2) is 7.59. The Morgan fingerprint density at radius 1 is 1.11 bits per heavy atom. The SMILES string of the molecule is Cc1ccc(-c2nc(C(=O)Nc3ccccn3)c(N3CCOCC3)o2)cc1. The lowest BCUT2D eigenvalue weighted by atomic mass is 10.1. The Kier molecular flexibility index (Phi) is 4.84. The third kappa shape index (κ3) is 3.83. The van der Waals surface area contributed by atoms with E-state index in [1.807, 2.05) is 42.2 Å². The second-order valence-electron chi connectivity index (χ2n) is 6.31. The van der Waals surface area contributed by atoms with Gasteiger partial charge in [0.25, 0.3) is 5.91 Å². The van der Waals surface area contributed by atoms with Gasteiger partial charge >= 0.3 is 0 Å². The van der Waals surface area contributed by atoms with Crippen LogP contribution in [0.5, 0.6) is 0 Å². The number of anilines is 2. The fourth-order valence-corrected chi connectivity index (χ4v) is 2.87. The molecule has 0 bridgehead atoms. The summed E-state index contributed by atoms with van der Waals surface area (Å²) >= 11 is 0. The van der Waals surface area contributed by atoms with E-state index in [2.05, 4.69) is 15.3 Å². The lowest BCUT2D eigenvalue weighted by Crippen LogP contribution is -2.37. The predicted octanol–water partition coefficient (Wildman–Crippen LogP) is 3.13. The molecule has 1 fully saturated rings. The van der Waals surface area contributed by atoms with Crippen molar-refractivity contribution in [2.24, 2.45) is 0 Å². The molecule has 7 heteroatoms. The summed E-state index contributed by atoms with van der Waals surface area (Å²) < 4.78 is 11.4. The van der Waals surface area contributed by atoms with E-state index in [1.54, 1.807) is 18.3 Å². The summed E-state index contributed by atoms with van der Waals surface area (Å²) in [7, 11) is 0. The molecule has 2 aromatic heterocycles. The van der Waals surface area contributed by atoms with Gasteiger partial charge in [-0.2, -0.15) is 0 Å². The molecule has 0 spiro atoms. The van der Waals surface area contributed by atoms with Crippen LogP contribution in [-0.2, 0) is 4.74 Å². The zero-order valence-corrected chi connectivity index (χ0v) is 15.0. The lowest BCUT2D eigenvalue weighted by molar-refractivity contribution is 0.101. The van der Waals surface area contributed by atoms with Gasteiger partial charge in [-0.25, -0.2) is 9.97 Å². The highest BCUT2D eigenvalue weighted by Crippen LogP contribution is 2.29. The Hall–Kier alpha value is -3.19. The van der Waals surface area contributed by atoms with Crippen molar-refractivity contribution < 1.29 is 13.9 Å². The molecular weight excluding hydrogens is 344 g/mol. The number of carbonyl (C=O) groups excluding carboxylic acids is 1. The number of rotatable bonds is 4. The number of nitrogens with zero attached hydrogens (tertiary/aromatic N) is 3. The van der Waals surface area contributed by atoms with Crippen molar-refractivity contribution in [1.82, 2.24) is 9.97 Å². The molecular formula is C20H20N4O3. The summed E-state index contributed by atoms with van der Waals surface area (Å²) in [5.41, 5.74) is 2.22. The number of carbonyl (C=O) groups is 1. The highest BCUT2D eigenvalue weighted by Gasteiger charge is 2.27. The number of hydrogen-bond acceptors (Lipinski definition) is 6. The van der Waals surface area contributed by atoms with Gasteiger partial charge in [0.2, 0.25) is 11.8 Å². The van der Waals surface area contributed by atoms with Gasteiger partial charge in [0, 0.05) is 24.8 Å². The van der Waals surface area contributed by atoms with Crippen molar-refractivity contribution in [3.8, 4) is 11.5 Å². The molecule has 7 nitrogen and oxygen atoms in total. The number of morpholine rings is 1. The molecule has 1 saturated heterocycles. The maximum atomic E-state index is 12.8. The third-order valence-electron chi connectivity index (χ3n) is 4.33. The van der Waals surface area contributed by atoms with Crippen molar-refractivity contribution >= 4 is 17.6 Å². The molecule has 138 valence electrons. The zero-order valence-electron chi connectivity index (χ0n) is 15.0. The van der Waals surface area contributed by atoms with Gasteiger partial charge in [-0.05, 0) is 31.2 Å². The van der Waals surface area contributed by atoms with Crippen LogP contribution in [0.3, 0.4) is 0 Å². The van der Waals surface area contributed by atoms with E-state index in [0.29, 0.717) is 43.9 Å². The minimum absolute atomic E-state index is 0.248. The molecule has 0 atom stereocenters. The van der Waals surface area contributed by atoms with Crippen LogP contribution in [0.1, 0.15) is 16.1 Å². The maximum Gasteiger partial charge on any atom is 0.281 e. The van der Waals surface area contributed by atoms with E-state index in [-0.39, 0.29) is 11.6 Å². The molecule has 0 saturated carbocycles. The fourth-order valence-electron chi connectivity index (χ4n) is 2.87. The van der Waals surface area contributed by atoms with Gasteiger partial charge in [0.1, 0.15) is 5.82 Å². The fraction of sp³-hybridized carbons (Fsp3) is 0.250. The van der Waals surface area contributed by atoms with E-state index < -0.39 is 0 Å². The molecule has 1 N–H and O–H groups in total. The first-order chi connectivity index (χ1) is 13.2. The normalized spacial score (nSPS) is 14.2. The molecule has 1 aliphatic heterocycles. The molecule has 27 heavy (non-hydrogen) atoms. The molecule has 1 amide bonds. The van der Waals surface area contributed by atoms with Crippen molar-refractivity contribution in [3.63, 3.8) is 0 Å². The van der Waals surface area contributed by atoms with E-state index in [9.17, 15) is 4.79 Å². The number of oxazole rings is 1. The van der Waals surface area contributed by atoms with Crippen LogP contribution in [0.4, 0.5) is 11.7 Å². The van der Waals surface area contributed by atoms with Crippen molar-refractivity contribution in [2.45, 2.75) is 6.92 Å². The summed E-state index contributed by atoms with van der Waals surface area (Å²) in [6.45, 7) is 4.48. The minimum atomic E-state index is -0.350. The topological polar surface area (TPSA) is 80.5 Å². The Labute approximate surface area is 157 Å². The van der Waals surface area contributed by atoms with Gasteiger partial charge in [-0.1, -0.05) is 23.8 Å². The number of aromatic nitrogens is 2. The van der Waals surface area contributed by atoms with Crippen LogP contribution in [0.15, 0.2) is 53.1 Å². The first kappa shape index (κ1) is 17.2. The summed E-state index contributed by atoms with van der Waals surface area (Å²) in [4.78, 5) is 23.5. The highest BCUT2D eigenvalue weighted by atomic mass is 16.5. The molecule has 1 aliphatic rings. The van der Waals surface area contributed by atoms with Gasteiger partial charge in [0.05, 0.1) is 13.2 Å². The number of nitrogens with one attached hydrogen (secondary N) is 1. The predicted molar refractivity (Wildman–Crippen MR) is 102 cm³/mol. The standard InChI is InChI=1S/C20H20N4O3/c1-14-5-7-15(8-6-14)19-23-17(18(25)22-16-4-2-3-9-21-16)20(27-19)24-10-12-26-13-11-24/h2-9H,10-13H2,1H3,(H,21,22,25). The second-order valence-corrected chi connectivity index (χ2v) is 6.31. The van der Waals surface area contributed by atoms with Gasteiger partial charge in [-0.15, -0.1) is 0 Å². The third-order valence-corrected chi connectivity index (χ3v) is 4.33. The van der Waals surface area contributed by atoms with Crippen LogP contribution in [-0.4, -0.2) is 42.2 Å². The molecule has 3 aromatic rings. The average molecular weight is 364 g/mol. The largest absolute Gasteiger partial charge is 0.420 e. The number of pyridine rings is 1. The Morgan fingerprint density at radius 2 is 1.89 bits per heavy atom. The van der Waals surface area contributed by atoms with Crippen molar-refractivity contribution in [1.29, 1.82) is 0 Å². The van der Waals surface area contributed by atoms with E-state index in [1.165, 1.54) is 0 Å². The molecule has 3 heterocycles. The van der Waals surface area contributed by atoms with Crippen LogP contribution < -0.4 is 10.2 Å². The van der Waals surface area contributed by atoms with Crippen molar-refractivity contribution in [3.05, 3.63) is 59.9 Å². The maximum absolute atomic E-state index is 12.8. The summed E-state index contributed by atoms with van der Waals surface area (Å²) in [5.74, 6) is 0.998. The molecule has 0 unspecified atom stereocenters. The number of amides is 1. The number of hydrogen-bond donors (Lipinski definition) is 1. The van der Waals surface area contributed by atoms with Crippen LogP contribution in [0, 0.1) is 6.92 Å². The van der Waals surface area contributed by atoms with Gasteiger partial charge in [0.15, 0.2) is 5.69 Å². The molecule has 1 aromatic carbocycles. The highest BCUT2D eigenvalue weighted by molar-refractivity contribution is 6.05. The summed E-state index contributed by atoms with van der Waals surface area (Å²) in [5, 5.41) is 2.78. The van der Waals surface area contributed by atoms with E-state index in [4.69, 9.17) is 9.15 Å². The Morgan fingerprint density at radius 3 is 2.59 bits per heavy atom. The first-order valence-corrected chi connectivity index (χ1v) is 8.83. The number of benzene rings is 1. The van der Waals surface area contributed by atoms with Gasteiger partial charge in [-0.3, -0.25) is 4.79 Å². The summed E-state index contributed by atoms with van der Waals surface area (Å²) in [6, 6.07) is 13.2. The number of aryl methyl sites for hydroxylation is 1. The average Bonchev–Trinajstić information content (AvgIpc) is 3.16. The van der Waals surface area contributed by atoms with E-state index in [0.717, 1.165) is 11.1 Å². The smallest absolute Gasteiger partial charge is 0.281 e. The molecule has 0 aliphatic carbocycles. The Balaban J connectivity index is 1.69. The Bertz CT molecular complexity index is 916. The number of ether oxygens (including phenoxy) is 1. The molecule has 0 radical (unpaired) electrons. The summed E-state index contributed by atoms with van der Waals surface area (Å²) in [6.07, 6.45) is 1.62. The van der Waals surface area contributed by atoms with Crippen LogP contribution in [0.2, 0.25) is 0 Å². The lowest BCUT2D eigenvalue weighted by Gasteiger charge is -2.26.